The SMILES string of the molecule is C=C1CC23CC1CCC21OC(=O)C2(C)C(O)C=CC1C2C3C(=O)O. The number of rotatable bonds is 1. The Morgan fingerprint density at radius 1 is 1.42 bits per heavy atom. The highest BCUT2D eigenvalue weighted by molar-refractivity contribution is 5.85. The van der Waals surface area contributed by atoms with Crippen molar-refractivity contribution >= 4 is 11.9 Å². The van der Waals surface area contributed by atoms with Crippen LogP contribution in [0.2, 0.25) is 0 Å². The van der Waals surface area contributed by atoms with E-state index in [0.29, 0.717) is 18.8 Å². The molecule has 8 atom stereocenters. The number of aliphatic hydroxyl groups is 1. The molecule has 5 nitrogen and oxygen atoms in total. The molecule has 2 N–H and O–H groups in total. The largest absolute Gasteiger partial charge is 0.481 e. The lowest BCUT2D eigenvalue weighted by molar-refractivity contribution is -0.218. The van der Waals surface area contributed by atoms with Gasteiger partial charge in [-0.3, -0.25) is 9.59 Å². The number of hydrogen-bond donors (Lipinski definition) is 2. The molecule has 3 saturated carbocycles. The smallest absolute Gasteiger partial charge is 0.315 e. The Balaban J connectivity index is 1.82. The van der Waals surface area contributed by atoms with Gasteiger partial charge in [-0.2, -0.15) is 0 Å². The zero-order valence-electron chi connectivity index (χ0n) is 13.7. The van der Waals surface area contributed by atoms with Gasteiger partial charge in [0.15, 0.2) is 0 Å². The average Bonchev–Trinajstić information content (AvgIpc) is 2.90. The molecule has 5 heteroatoms. The van der Waals surface area contributed by atoms with E-state index in [1.54, 1.807) is 13.0 Å². The minimum absolute atomic E-state index is 0.128. The summed E-state index contributed by atoms with van der Waals surface area (Å²) in [6.45, 7) is 5.87. The maximum atomic E-state index is 12.9. The lowest BCUT2D eigenvalue weighted by Gasteiger charge is -2.54. The number of esters is 1. The summed E-state index contributed by atoms with van der Waals surface area (Å²) in [5.41, 5.74) is -1.40. The summed E-state index contributed by atoms with van der Waals surface area (Å²) in [6, 6.07) is 0. The van der Waals surface area contributed by atoms with Crippen molar-refractivity contribution in [3.8, 4) is 0 Å². The van der Waals surface area contributed by atoms with E-state index >= 15 is 0 Å². The highest BCUT2D eigenvalue weighted by Gasteiger charge is 2.82. The molecule has 5 rings (SSSR count). The first-order valence-electron chi connectivity index (χ1n) is 8.78. The number of carboxylic acids is 1. The predicted octanol–water partition coefficient (Wildman–Crippen LogP) is 1.91. The Hall–Kier alpha value is -1.62. The topological polar surface area (TPSA) is 83.8 Å². The lowest BCUT2D eigenvalue weighted by atomic mass is 9.59. The highest BCUT2D eigenvalue weighted by atomic mass is 16.6. The number of carboxylic acid groups (broad SMARTS) is 1. The Kier molecular flexibility index (Phi) is 2.42. The fourth-order valence-corrected chi connectivity index (χ4v) is 7.07. The molecule has 1 saturated heterocycles. The van der Waals surface area contributed by atoms with Crippen LogP contribution in [0.3, 0.4) is 0 Å². The van der Waals surface area contributed by atoms with E-state index in [9.17, 15) is 19.8 Å². The van der Waals surface area contributed by atoms with Crippen LogP contribution in [-0.4, -0.2) is 33.9 Å². The van der Waals surface area contributed by atoms with Crippen molar-refractivity contribution in [3.05, 3.63) is 24.3 Å². The van der Waals surface area contributed by atoms with Gasteiger partial charge in [-0.25, -0.2) is 0 Å². The monoisotopic (exact) mass is 330 g/mol. The van der Waals surface area contributed by atoms with Gasteiger partial charge in [0.2, 0.25) is 0 Å². The molecule has 24 heavy (non-hydrogen) atoms. The Labute approximate surface area is 140 Å². The zero-order chi connectivity index (χ0) is 17.1. The van der Waals surface area contributed by atoms with E-state index in [4.69, 9.17) is 4.74 Å². The standard InChI is InChI=1S/C19H22O5/c1-9-7-18-8-10(9)5-6-19(18)11-3-4-12(20)17(2,16(23)24-19)13(11)14(18)15(21)22/h3-4,10-14,20H,1,5-8H2,2H3,(H,21,22). The second kappa shape index (κ2) is 3.96. The molecule has 8 unspecified atom stereocenters. The molecule has 2 spiro atoms. The summed E-state index contributed by atoms with van der Waals surface area (Å²) >= 11 is 0. The van der Waals surface area contributed by atoms with Crippen molar-refractivity contribution in [2.45, 2.75) is 44.3 Å². The van der Waals surface area contributed by atoms with Crippen LogP contribution in [0.1, 0.15) is 32.6 Å². The van der Waals surface area contributed by atoms with Crippen LogP contribution in [0.4, 0.5) is 0 Å². The van der Waals surface area contributed by atoms with Crippen molar-refractivity contribution in [2.75, 3.05) is 0 Å². The predicted molar refractivity (Wildman–Crippen MR) is 83.7 cm³/mol. The van der Waals surface area contributed by atoms with Gasteiger partial charge in [0.05, 0.1) is 17.4 Å². The van der Waals surface area contributed by atoms with E-state index in [1.165, 1.54) is 0 Å². The van der Waals surface area contributed by atoms with Crippen LogP contribution in [0.15, 0.2) is 24.3 Å². The second-order valence-electron chi connectivity index (χ2n) is 8.69. The molecule has 0 aromatic heterocycles. The number of fused-ring (bicyclic) bond motifs is 1. The molecule has 0 amide bonds. The molecule has 4 fully saturated rings. The van der Waals surface area contributed by atoms with Gasteiger partial charge in [-0.1, -0.05) is 24.3 Å². The molecular weight excluding hydrogens is 308 g/mol. The van der Waals surface area contributed by atoms with Crippen LogP contribution in [0, 0.1) is 34.5 Å². The molecule has 1 aliphatic heterocycles. The fourth-order valence-electron chi connectivity index (χ4n) is 7.07. The molecule has 1 heterocycles. The van der Waals surface area contributed by atoms with E-state index < -0.39 is 46.3 Å². The first-order valence-corrected chi connectivity index (χ1v) is 8.78. The van der Waals surface area contributed by atoms with Crippen LogP contribution in [-0.2, 0) is 14.3 Å². The first kappa shape index (κ1) is 14.7. The minimum Gasteiger partial charge on any atom is -0.481 e. The number of ether oxygens (including phenoxy) is 1. The number of aliphatic hydroxyl groups excluding tert-OH is 1. The average molecular weight is 330 g/mol. The van der Waals surface area contributed by atoms with Gasteiger partial charge < -0.3 is 14.9 Å². The summed E-state index contributed by atoms with van der Waals surface area (Å²) in [7, 11) is 0. The third-order valence-corrected chi connectivity index (χ3v) is 8.11. The number of carbonyl (C=O) groups is 2. The molecule has 6 bridgehead atoms. The third-order valence-electron chi connectivity index (χ3n) is 8.11. The summed E-state index contributed by atoms with van der Waals surface area (Å²) in [5.74, 6) is -2.19. The van der Waals surface area contributed by atoms with Gasteiger partial charge in [0.1, 0.15) is 5.60 Å². The van der Waals surface area contributed by atoms with Crippen LogP contribution >= 0.6 is 0 Å². The van der Waals surface area contributed by atoms with Crippen molar-refractivity contribution < 1.29 is 24.5 Å². The van der Waals surface area contributed by atoms with Gasteiger partial charge in [0, 0.05) is 17.3 Å². The molecule has 4 aliphatic carbocycles. The van der Waals surface area contributed by atoms with Gasteiger partial charge in [-0.15, -0.1) is 0 Å². The van der Waals surface area contributed by atoms with E-state index in [2.05, 4.69) is 6.58 Å². The summed E-state index contributed by atoms with van der Waals surface area (Å²) in [5, 5.41) is 20.7. The van der Waals surface area contributed by atoms with Gasteiger partial charge in [0.25, 0.3) is 0 Å². The lowest BCUT2D eigenvalue weighted by Crippen LogP contribution is -2.62. The Bertz CT molecular complexity index is 725. The van der Waals surface area contributed by atoms with E-state index in [-0.39, 0.29) is 5.92 Å². The number of allylic oxidation sites excluding steroid dienone is 1. The van der Waals surface area contributed by atoms with Crippen LogP contribution in [0.25, 0.3) is 0 Å². The van der Waals surface area contributed by atoms with Gasteiger partial charge in [-0.05, 0) is 38.5 Å². The van der Waals surface area contributed by atoms with E-state index in [0.717, 1.165) is 18.4 Å². The normalized spacial score (nSPS) is 56.8. The van der Waals surface area contributed by atoms with Crippen molar-refractivity contribution in [1.82, 2.24) is 0 Å². The zero-order valence-corrected chi connectivity index (χ0v) is 13.7. The van der Waals surface area contributed by atoms with E-state index in [1.807, 2.05) is 6.08 Å². The molecular formula is C19H22O5. The van der Waals surface area contributed by atoms with Crippen molar-refractivity contribution in [3.63, 3.8) is 0 Å². The molecule has 5 aliphatic rings. The van der Waals surface area contributed by atoms with Gasteiger partial charge >= 0.3 is 11.9 Å². The van der Waals surface area contributed by atoms with Crippen molar-refractivity contribution in [1.29, 1.82) is 0 Å². The molecule has 0 radical (unpaired) electrons. The molecule has 0 aromatic carbocycles. The quantitative estimate of drug-likeness (QED) is 0.567. The molecule has 128 valence electrons. The Morgan fingerprint density at radius 2 is 2.17 bits per heavy atom. The fraction of sp³-hybridized carbons (Fsp3) is 0.684. The Morgan fingerprint density at radius 3 is 2.88 bits per heavy atom. The third kappa shape index (κ3) is 1.21. The number of hydrogen-bond acceptors (Lipinski definition) is 4. The minimum atomic E-state index is -1.18. The molecule has 0 aromatic rings. The van der Waals surface area contributed by atoms with Crippen LogP contribution in [0.5, 0.6) is 0 Å². The first-order chi connectivity index (χ1) is 11.3. The highest BCUT2D eigenvalue weighted by Crippen LogP contribution is 2.77. The second-order valence-corrected chi connectivity index (χ2v) is 8.69. The maximum absolute atomic E-state index is 12.9. The number of carbonyl (C=O) groups excluding carboxylic acids is 1. The van der Waals surface area contributed by atoms with Crippen LogP contribution < -0.4 is 0 Å². The number of aliphatic carboxylic acids is 1. The van der Waals surface area contributed by atoms with Crippen molar-refractivity contribution in [2.24, 2.45) is 34.5 Å². The summed E-state index contributed by atoms with van der Waals surface area (Å²) < 4.78 is 6.10. The summed E-state index contributed by atoms with van der Waals surface area (Å²) in [6.07, 6.45) is 5.56. The maximum Gasteiger partial charge on any atom is 0.315 e. The summed E-state index contributed by atoms with van der Waals surface area (Å²) in [4.78, 5) is 25.3.